The molecule has 3 heterocycles. The highest BCUT2D eigenvalue weighted by Crippen LogP contribution is 1.97. The minimum absolute atomic E-state index is 0.115. The molecule has 3 rings (SSSR count). The Kier molecular flexibility index (Phi) is 8.15. The van der Waals surface area contributed by atoms with Gasteiger partial charge in [0.05, 0.1) is 0 Å². The lowest BCUT2D eigenvalue weighted by molar-refractivity contribution is 0.253. The molecule has 5 N–H and O–H groups in total. The van der Waals surface area contributed by atoms with Gasteiger partial charge in [-0.25, -0.2) is 19.7 Å². The summed E-state index contributed by atoms with van der Waals surface area (Å²) >= 11 is 1.96. The molecule has 1 amide bonds. The van der Waals surface area contributed by atoms with E-state index < -0.39 is 6.03 Å². The summed E-state index contributed by atoms with van der Waals surface area (Å²) in [5.74, 6) is 0.281. The van der Waals surface area contributed by atoms with E-state index >= 15 is 0 Å². The van der Waals surface area contributed by atoms with Crippen LogP contribution in [0, 0.1) is 13.8 Å². The molecule has 0 aromatic carbocycles. The van der Waals surface area contributed by atoms with Gasteiger partial charge in [-0.05, 0) is 18.8 Å². The summed E-state index contributed by atoms with van der Waals surface area (Å²) in [6.45, 7) is 3.38. The highest BCUT2D eigenvalue weighted by molar-refractivity contribution is 14.1. The van der Waals surface area contributed by atoms with Gasteiger partial charge in [0.2, 0.25) is 11.9 Å². The number of nitrogens with zero attached hydrogens (tertiary/aromatic N) is 4. The number of amides is 1. The van der Waals surface area contributed by atoms with Crippen molar-refractivity contribution in [1.29, 1.82) is 0 Å². The SMILES string of the molecule is Cc1cc(=O)[nH]c(N)n1.Cc1cc(=O)[nH]c(NC(=O)n2ccnc2)n1.[2H]CI. The number of anilines is 2. The molecule has 0 aliphatic rings. The van der Waals surface area contributed by atoms with E-state index in [1.807, 2.05) is 22.6 Å². The first-order valence-electron chi connectivity index (χ1n) is 8.01. The largest absolute Gasteiger partial charge is 0.369 e. The number of nitrogen functional groups attached to an aromatic ring is 1. The maximum absolute atomic E-state index is 11.5. The fourth-order valence-electron chi connectivity index (χ4n) is 1.79. The Morgan fingerprint density at radius 3 is 2.30 bits per heavy atom. The highest BCUT2D eigenvalue weighted by atomic mass is 127. The third-order valence-corrected chi connectivity index (χ3v) is 2.72. The van der Waals surface area contributed by atoms with Gasteiger partial charge in [-0.2, -0.15) is 0 Å². The number of hydrogen-bond acceptors (Lipinski definition) is 7. The van der Waals surface area contributed by atoms with Gasteiger partial charge in [-0.15, -0.1) is 0 Å². The molecule has 0 spiro atoms. The number of aromatic amines is 2. The molecular formula is C15H19IN8O3. The summed E-state index contributed by atoms with van der Waals surface area (Å²) in [5.41, 5.74) is 5.84. The van der Waals surface area contributed by atoms with Crippen molar-refractivity contribution in [1.82, 2.24) is 29.5 Å². The molecule has 144 valence electrons. The molecule has 0 radical (unpaired) electrons. The van der Waals surface area contributed by atoms with Crippen LogP contribution in [0.4, 0.5) is 16.7 Å². The van der Waals surface area contributed by atoms with E-state index in [2.05, 4.69) is 30.2 Å². The van der Waals surface area contributed by atoms with Crippen molar-refractivity contribution in [2.45, 2.75) is 13.8 Å². The number of carbonyl (C=O) groups excluding carboxylic acids is 1. The summed E-state index contributed by atoms with van der Waals surface area (Å²) < 4.78 is 7.43. The van der Waals surface area contributed by atoms with Crippen molar-refractivity contribution < 1.29 is 6.17 Å². The Bertz CT molecular complexity index is 980. The minimum Gasteiger partial charge on any atom is -0.369 e. The van der Waals surface area contributed by atoms with E-state index in [0.717, 1.165) is 0 Å². The number of aryl methyl sites for hydroxylation is 2. The predicted octanol–water partition coefficient (Wildman–Crippen LogP) is 1.07. The third kappa shape index (κ3) is 7.81. The Balaban J connectivity index is 0.000000276. The van der Waals surface area contributed by atoms with Gasteiger partial charge >= 0.3 is 6.03 Å². The van der Waals surface area contributed by atoms with Crippen LogP contribution in [-0.4, -0.2) is 40.4 Å². The summed E-state index contributed by atoms with van der Waals surface area (Å²) in [6, 6.07) is 2.29. The first kappa shape index (κ1) is 20.3. The molecule has 0 aliphatic carbocycles. The fraction of sp³-hybridized carbons (Fsp3) is 0.200. The molecule has 12 heteroatoms. The Hall–Kier alpha value is -3.03. The van der Waals surface area contributed by atoms with Crippen LogP contribution >= 0.6 is 22.6 Å². The topological polar surface area (TPSA) is 164 Å². The summed E-state index contributed by atoms with van der Waals surface area (Å²) in [4.78, 5) is 49.8. The Morgan fingerprint density at radius 1 is 1.22 bits per heavy atom. The van der Waals surface area contributed by atoms with Gasteiger partial charge in [0.1, 0.15) is 6.33 Å². The molecule has 3 aromatic heterocycles. The molecule has 0 saturated carbocycles. The van der Waals surface area contributed by atoms with E-state index in [1.165, 1.54) is 35.4 Å². The maximum Gasteiger partial charge on any atom is 0.333 e. The van der Waals surface area contributed by atoms with Crippen LogP contribution in [0.2, 0.25) is 0 Å². The van der Waals surface area contributed by atoms with Crippen molar-refractivity contribution in [3.63, 3.8) is 0 Å². The first-order valence-corrected chi connectivity index (χ1v) is 8.83. The van der Waals surface area contributed by atoms with Crippen LogP contribution in [0.25, 0.3) is 0 Å². The molecule has 0 aliphatic heterocycles. The molecule has 27 heavy (non-hydrogen) atoms. The van der Waals surface area contributed by atoms with Crippen LogP contribution in [0.5, 0.6) is 0 Å². The number of halogens is 1. The minimum atomic E-state index is -0.439. The zero-order valence-electron chi connectivity index (χ0n) is 15.6. The second kappa shape index (κ2) is 10.8. The number of H-pyrrole nitrogens is 2. The van der Waals surface area contributed by atoms with Crippen LogP contribution < -0.4 is 22.2 Å². The highest BCUT2D eigenvalue weighted by Gasteiger charge is 2.05. The van der Waals surface area contributed by atoms with E-state index in [1.54, 1.807) is 13.8 Å². The van der Waals surface area contributed by atoms with Crippen molar-refractivity contribution >= 4 is 40.5 Å². The van der Waals surface area contributed by atoms with Gasteiger partial charge in [-0.1, -0.05) is 22.6 Å². The van der Waals surface area contributed by atoms with Crippen LogP contribution in [-0.2, 0) is 0 Å². The number of carbonyl (C=O) groups is 1. The van der Waals surface area contributed by atoms with Crippen molar-refractivity contribution in [3.05, 3.63) is 62.9 Å². The van der Waals surface area contributed by atoms with Crippen LogP contribution in [0.3, 0.4) is 0 Å². The van der Waals surface area contributed by atoms with Crippen LogP contribution in [0.15, 0.2) is 40.4 Å². The lowest BCUT2D eigenvalue weighted by atomic mass is 10.4. The quantitative estimate of drug-likeness (QED) is 0.295. The van der Waals surface area contributed by atoms with Gasteiger partial charge in [-0.3, -0.25) is 29.4 Å². The van der Waals surface area contributed by atoms with Crippen molar-refractivity contribution in [3.8, 4) is 0 Å². The van der Waals surface area contributed by atoms with E-state index in [9.17, 15) is 14.4 Å². The number of nitrogens with two attached hydrogens (primary N) is 1. The van der Waals surface area contributed by atoms with Gasteiger partial charge in [0, 0.05) is 37.3 Å². The van der Waals surface area contributed by atoms with Gasteiger partial charge in [0.15, 0.2) is 0 Å². The van der Waals surface area contributed by atoms with E-state index in [-0.39, 0.29) is 23.0 Å². The molecule has 0 atom stereocenters. The lowest BCUT2D eigenvalue weighted by Gasteiger charge is -2.04. The summed E-state index contributed by atoms with van der Waals surface area (Å²) in [6.07, 6.45) is 4.32. The average Bonchev–Trinajstić information content (AvgIpc) is 3.08. The molecule has 11 nitrogen and oxygen atoms in total. The number of aromatic nitrogens is 6. The Morgan fingerprint density at radius 2 is 1.81 bits per heavy atom. The molecule has 3 aromatic rings. The molecule has 0 unspecified atom stereocenters. The molecule has 0 bridgehead atoms. The summed E-state index contributed by atoms with van der Waals surface area (Å²) in [7, 11) is 0. The number of nitrogens with one attached hydrogen (secondary N) is 3. The molecule has 0 fully saturated rings. The number of hydrogen-bond donors (Lipinski definition) is 4. The zero-order valence-corrected chi connectivity index (χ0v) is 16.7. The average molecular weight is 487 g/mol. The number of imidazole rings is 1. The predicted molar refractivity (Wildman–Crippen MR) is 110 cm³/mol. The van der Waals surface area contributed by atoms with E-state index in [4.69, 9.17) is 7.10 Å². The smallest absolute Gasteiger partial charge is 0.333 e. The van der Waals surface area contributed by atoms with Crippen molar-refractivity contribution in [2.24, 2.45) is 0 Å². The maximum atomic E-state index is 11.5. The first-order chi connectivity index (χ1) is 13.2. The fourth-order valence-corrected chi connectivity index (χ4v) is 1.79. The second-order valence-electron chi connectivity index (χ2n) is 4.91. The van der Waals surface area contributed by atoms with Gasteiger partial charge < -0.3 is 5.73 Å². The normalized spacial score (nSPS) is 9.81. The van der Waals surface area contributed by atoms with Crippen LogP contribution in [0.1, 0.15) is 12.8 Å². The molecule has 0 saturated heterocycles. The molecular weight excluding hydrogens is 467 g/mol. The van der Waals surface area contributed by atoms with Gasteiger partial charge in [0.25, 0.3) is 11.1 Å². The summed E-state index contributed by atoms with van der Waals surface area (Å²) in [5, 5.41) is 2.44. The second-order valence-corrected chi connectivity index (χ2v) is 4.91. The number of rotatable bonds is 1. The van der Waals surface area contributed by atoms with E-state index in [0.29, 0.717) is 16.3 Å². The Labute approximate surface area is 169 Å². The number of alkyl halides is 1. The van der Waals surface area contributed by atoms with Crippen molar-refractivity contribution in [2.75, 3.05) is 16.0 Å². The monoisotopic (exact) mass is 487 g/mol. The standard InChI is InChI=1S/C9H9N5O2.C5H7N3O.CH3I/c1-6-4-7(15)12-8(11-6)13-9(16)14-3-2-10-5-14;1-3-2-4(9)8-5(6)7-3;1-2/h2-5H,1H3,(H2,11,12,13,15,16);2H,1H3,(H3,6,7,8,9);1H3/i;;1D. The lowest BCUT2D eigenvalue weighted by Crippen LogP contribution is -2.22. The third-order valence-electron chi connectivity index (χ3n) is 2.72. The zero-order chi connectivity index (χ0) is 21.1.